The van der Waals surface area contributed by atoms with Gasteiger partial charge in [-0.05, 0) is 24.6 Å². The Morgan fingerprint density at radius 3 is 2.40 bits per heavy atom. The number of aliphatic hydroxyl groups is 2. The molecule has 1 atom stereocenters. The van der Waals surface area contributed by atoms with Crippen molar-refractivity contribution in [2.24, 2.45) is 0 Å². The van der Waals surface area contributed by atoms with Gasteiger partial charge in [0.1, 0.15) is 5.72 Å². The molecule has 0 fully saturated rings. The first-order chi connectivity index (χ1) is 11.7. The smallest absolute Gasteiger partial charge is 0.232 e. The van der Waals surface area contributed by atoms with Crippen LogP contribution in [-0.4, -0.2) is 38.0 Å². The summed E-state index contributed by atoms with van der Waals surface area (Å²) in [5.41, 5.74) is 0.466. The number of rotatable bonds is 8. The highest BCUT2D eigenvalue weighted by atomic mass is 32.2. The first-order valence-corrected chi connectivity index (χ1v) is 9.79. The van der Waals surface area contributed by atoms with Crippen LogP contribution in [-0.2, 0) is 22.3 Å². The molecule has 0 amide bonds. The van der Waals surface area contributed by atoms with E-state index in [0.717, 1.165) is 11.8 Å². The van der Waals surface area contributed by atoms with Crippen molar-refractivity contribution in [3.63, 3.8) is 0 Å². The van der Waals surface area contributed by atoms with Gasteiger partial charge in [0, 0.05) is 12.1 Å². The first-order valence-electron chi connectivity index (χ1n) is 7.94. The van der Waals surface area contributed by atoms with E-state index in [1.54, 1.807) is 31.2 Å². The molecule has 6 nitrogen and oxygen atoms in total. The van der Waals surface area contributed by atoms with Crippen LogP contribution in [0.25, 0.3) is 0 Å². The highest BCUT2D eigenvalue weighted by molar-refractivity contribution is 7.92. The number of nitrogens with one attached hydrogen (secondary N) is 1. The molecule has 0 aliphatic carbocycles. The lowest BCUT2D eigenvalue weighted by molar-refractivity contribution is 0.0160. The molecule has 0 aliphatic heterocycles. The predicted molar refractivity (Wildman–Crippen MR) is 98.6 cm³/mol. The Morgan fingerprint density at radius 2 is 1.80 bits per heavy atom. The Morgan fingerprint density at radius 1 is 1.12 bits per heavy atom. The lowest BCUT2D eigenvalue weighted by Crippen LogP contribution is -2.41. The van der Waals surface area contributed by atoms with Gasteiger partial charge >= 0.3 is 0 Å². The number of aliphatic hydroxyl groups excluding tert-OH is 1. The predicted octanol–water partition coefficient (Wildman–Crippen LogP) is 1.40. The number of benzene rings is 2. The highest BCUT2D eigenvalue weighted by Gasteiger charge is 2.24. The van der Waals surface area contributed by atoms with Crippen LogP contribution in [0.4, 0.5) is 5.69 Å². The molecule has 0 bridgehead atoms. The van der Waals surface area contributed by atoms with Gasteiger partial charge in [-0.2, -0.15) is 0 Å². The molecule has 136 valence electrons. The molecule has 0 spiro atoms. The van der Waals surface area contributed by atoms with Crippen LogP contribution >= 0.6 is 0 Å². The van der Waals surface area contributed by atoms with Gasteiger partial charge in [0.15, 0.2) is 0 Å². The van der Waals surface area contributed by atoms with Crippen molar-refractivity contribution in [2.75, 3.05) is 23.7 Å². The van der Waals surface area contributed by atoms with E-state index in [1.807, 2.05) is 30.3 Å². The van der Waals surface area contributed by atoms with Gasteiger partial charge in [0.25, 0.3) is 0 Å². The van der Waals surface area contributed by atoms with Crippen molar-refractivity contribution in [3.8, 4) is 0 Å². The van der Waals surface area contributed by atoms with Crippen LogP contribution in [0.15, 0.2) is 54.6 Å². The summed E-state index contributed by atoms with van der Waals surface area (Å²) in [5.74, 6) is 0. The minimum atomic E-state index is -3.50. The van der Waals surface area contributed by atoms with Crippen molar-refractivity contribution < 1.29 is 18.6 Å². The molecule has 0 aliphatic rings. The van der Waals surface area contributed by atoms with Crippen molar-refractivity contribution >= 4 is 15.7 Å². The fourth-order valence-corrected chi connectivity index (χ4v) is 3.39. The fraction of sp³-hybridized carbons (Fsp3) is 0.333. The van der Waals surface area contributed by atoms with Crippen LogP contribution in [0.2, 0.25) is 0 Å². The second-order valence-electron chi connectivity index (χ2n) is 6.03. The maximum absolute atomic E-state index is 12.3. The van der Waals surface area contributed by atoms with Crippen LogP contribution in [0, 0.1) is 0 Å². The molecular weight excluding hydrogens is 340 g/mol. The van der Waals surface area contributed by atoms with Crippen molar-refractivity contribution in [1.29, 1.82) is 0 Å². The zero-order chi connectivity index (χ0) is 18.5. The highest BCUT2D eigenvalue weighted by Crippen LogP contribution is 2.26. The molecule has 0 saturated heterocycles. The zero-order valence-electron chi connectivity index (χ0n) is 14.4. The molecule has 2 aromatic rings. The van der Waals surface area contributed by atoms with Crippen molar-refractivity contribution in [1.82, 2.24) is 5.32 Å². The summed E-state index contributed by atoms with van der Waals surface area (Å²) in [4.78, 5) is 0. The molecule has 0 saturated carbocycles. The molecule has 2 aromatic carbocycles. The maximum Gasteiger partial charge on any atom is 0.232 e. The molecule has 0 aromatic heterocycles. The largest absolute Gasteiger partial charge is 0.395 e. The quantitative estimate of drug-likeness (QED) is 0.616. The van der Waals surface area contributed by atoms with Crippen LogP contribution in [0.3, 0.4) is 0 Å². The Balaban J connectivity index is 2.37. The second kappa shape index (κ2) is 7.97. The summed E-state index contributed by atoms with van der Waals surface area (Å²) < 4.78 is 25.9. The number of hydrogen-bond donors (Lipinski definition) is 3. The van der Waals surface area contributed by atoms with Gasteiger partial charge in [0.2, 0.25) is 10.0 Å². The minimum Gasteiger partial charge on any atom is -0.395 e. The molecule has 25 heavy (non-hydrogen) atoms. The van der Waals surface area contributed by atoms with Crippen molar-refractivity contribution in [3.05, 3.63) is 65.7 Å². The number of sulfonamides is 1. The maximum atomic E-state index is 12.3. The van der Waals surface area contributed by atoms with Gasteiger partial charge < -0.3 is 10.2 Å². The molecule has 7 heteroatoms. The van der Waals surface area contributed by atoms with E-state index < -0.39 is 15.7 Å². The topological polar surface area (TPSA) is 89.9 Å². The summed E-state index contributed by atoms with van der Waals surface area (Å²) in [6.07, 6.45) is 1.16. The third kappa shape index (κ3) is 5.27. The van der Waals surface area contributed by atoms with E-state index in [9.17, 15) is 13.5 Å². The third-order valence-electron chi connectivity index (χ3n) is 3.85. The average molecular weight is 364 g/mol. The Labute approximate surface area is 148 Å². The van der Waals surface area contributed by atoms with Gasteiger partial charge in [-0.3, -0.25) is 9.62 Å². The standard InChI is InChI=1S/C18H24N2O4S/c1-18(22,19-11-12-21)16-9-6-10-17(13-16)20(25(2,23)24)14-15-7-4-3-5-8-15/h3-10,13,19,21-22H,11-12,14H2,1-2H3. The van der Waals surface area contributed by atoms with Gasteiger partial charge in [0.05, 0.1) is 25.1 Å². The van der Waals surface area contributed by atoms with E-state index in [0.29, 0.717) is 11.3 Å². The minimum absolute atomic E-state index is 0.112. The number of anilines is 1. The Bertz CT molecular complexity index is 792. The Kier molecular flexibility index (Phi) is 6.18. The summed E-state index contributed by atoms with van der Waals surface area (Å²) >= 11 is 0. The monoisotopic (exact) mass is 364 g/mol. The van der Waals surface area contributed by atoms with E-state index in [4.69, 9.17) is 5.11 Å². The van der Waals surface area contributed by atoms with E-state index in [1.165, 1.54) is 4.31 Å². The molecular formula is C18H24N2O4S. The summed E-state index contributed by atoms with van der Waals surface area (Å²) in [6, 6.07) is 16.0. The van der Waals surface area contributed by atoms with E-state index >= 15 is 0 Å². The number of nitrogens with zero attached hydrogens (tertiary/aromatic N) is 1. The summed E-state index contributed by atoms with van der Waals surface area (Å²) in [5, 5.41) is 22.3. The molecule has 0 radical (unpaired) electrons. The van der Waals surface area contributed by atoms with Crippen LogP contribution in [0.5, 0.6) is 0 Å². The van der Waals surface area contributed by atoms with E-state index in [2.05, 4.69) is 5.32 Å². The lowest BCUT2D eigenvalue weighted by atomic mass is 10.0. The third-order valence-corrected chi connectivity index (χ3v) is 4.99. The van der Waals surface area contributed by atoms with Gasteiger partial charge in [-0.25, -0.2) is 8.42 Å². The normalized spacial score (nSPS) is 14.1. The van der Waals surface area contributed by atoms with Gasteiger partial charge in [-0.1, -0.05) is 42.5 Å². The second-order valence-corrected chi connectivity index (χ2v) is 7.93. The molecule has 3 N–H and O–H groups in total. The molecule has 0 heterocycles. The molecule has 2 rings (SSSR count). The van der Waals surface area contributed by atoms with E-state index in [-0.39, 0.29) is 19.7 Å². The lowest BCUT2D eigenvalue weighted by Gasteiger charge is -2.28. The SMILES string of the molecule is CC(O)(NCCO)c1cccc(N(Cc2ccccc2)S(C)(=O)=O)c1. The Hall–Kier alpha value is -1.93. The fourth-order valence-electron chi connectivity index (χ4n) is 2.51. The zero-order valence-corrected chi connectivity index (χ0v) is 15.2. The van der Waals surface area contributed by atoms with Crippen molar-refractivity contribution in [2.45, 2.75) is 19.2 Å². The molecule has 1 unspecified atom stereocenters. The average Bonchev–Trinajstić information content (AvgIpc) is 2.58. The summed E-state index contributed by atoms with van der Waals surface area (Å²) in [6.45, 7) is 1.87. The van der Waals surface area contributed by atoms with Crippen LogP contribution < -0.4 is 9.62 Å². The summed E-state index contributed by atoms with van der Waals surface area (Å²) in [7, 11) is -3.50. The van der Waals surface area contributed by atoms with Crippen LogP contribution in [0.1, 0.15) is 18.1 Å². The first kappa shape index (κ1) is 19.4. The van der Waals surface area contributed by atoms with Gasteiger partial charge in [-0.15, -0.1) is 0 Å². The number of hydrogen-bond acceptors (Lipinski definition) is 5.